The van der Waals surface area contributed by atoms with Gasteiger partial charge in [-0.3, -0.25) is 4.98 Å². The predicted octanol–water partition coefficient (Wildman–Crippen LogP) is -0.368. The number of aromatic nitrogens is 2. The number of aliphatic hydroxyl groups excluding tert-OH is 1. The summed E-state index contributed by atoms with van der Waals surface area (Å²) in [5.74, 6) is 0.580. The van der Waals surface area contributed by atoms with Gasteiger partial charge in [0.1, 0.15) is 11.4 Å². The number of nitrogens with one attached hydrogen (secondary N) is 1. The molecule has 0 saturated carbocycles. The third-order valence-electron chi connectivity index (χ3n) is 1.55. The van der Waals surface area contributed by atoms with Crippen LogP contribution in [0.5, 0.6) is 0 Å². The van der Waals surface area contributed by atoms with Crippen LogP contribution in [0.3, 0.4) is 0 Å². The first-order chi connectivity index (χ1) is 6.14. The summed E-state index contributed by atoms with van der Waals surface area (Å²) in [6.07, 6.45) is 4.67. The zero-order chi connectivity index (χ0) is 9.73. The number of hydrogen-bond acceptors (Lipinski definition) is 5. The smallest absolute Gasteiger partial charge is 0.144 e. The molecule has 0 spiro atoms. The van der Waals surface area contributed by atoms with Crippen LogP contribution in [0.15, 0.2) is 18.6 Å². The van der Waals surface area contributed by atoms with Gasteiger partial charge in [0.25, 0.3) is 0 Å². The van der Waals surface area contributed by atoms with Gasteiger partial charge in [-0.25, -0.2) is 4.98 Å². The van der Waals surface area contributed by atoms with E-state index < -0.39 is 5.60 Å². The van der Waals surface area contributed by atoms with Gasteiger partial charge < -0.3 is 15.5 Å². The molecule has 1 heterocycles. The minimum absolute atomic E-state index is 0.238. The Morgan fingerprint density at radius 2 is 2.31 bits per heavy atom. The summed E-state index contributed by atoms with van der Waals surface area (Å²) in [6.45, 7) is 1.48. The Bertz CT molecular complexity index is 251. The maximum absolute atomic E-state index is 9.42. The molecular formula is C8H13N3O2. The van der Waals surface area contributed by atoms with Gasteiger partial charge in [0.05, 0.1) is 12.8 Å². The van der Waals surface area contributed by atoms with E-state index in [4.69, 9.17) is 5.11 Å². The van der Waals surface area contributed by atoms with Crippen molar-refractivity contribution in [1.29, 1.82) is 0 Å². The molecular weight excluding hydrogens is 170 g/mol. The monoisotopic (exact) mass is 183 g/mol. The number of nitrogens with zero attached hydrogens (tertiary/aromatic N) is 2. The Kier molecular flexibility index (Phi) is 3.16. The molecule has 0 radical (unpaired) electrons. The van der Waals surface area contributed by atoms with Crippen LogP contribution in [0.1, 0.15) is 6.92 Å². The van der Waals surface area contributed by atoms with Crippen LogP contribution >= 0.6 is 0 Å². The molecule has 1 rings (SSSR count). The van der Waals surface area contributed by atoms with Crippen LogP contribution in [0, 0.1) is 0 Å². The van der Waals surface area contributed by atoms with E-state index >= 15 is 0 Å². The maximum Gasteiger partial charge on any atom is 0.144 e. The van der Waals surface area contributed by atoms with Gasteiger partial charge in [-0.05, 0) is 6.92 Å². The number of hydrogen-bond donors (Lipinski definition) is 3. The summed E-state index contributed by atoms with van der Waals surface area (Å²) in [7, 11) is 0. The zero-order valence-corrected chi connectivity index (χ0v) is 7.44. The Balaban J connectivity index is 2.44. The number of anilines is 1. The molecule has 0 aliphatic carbocycles. The average molecular weight is 183 g/mol. The van der Waals surface area contributed by atoms with E-state index in [1.165, 1.54) is 6.92 Å². The van der Waals surface area contributed by atoms with E-state index in [2.05, 4.69) is 15.3 Å². The molecule has 3 N–H and O–H groups in total. The van der Waals surface area contributed by atoms with Crippen molar-refractivity contribution in [2.24, 2.45) is 0 Å². The summed E-state index contributed by atoms with van der Waals surface area (Å²) >= 11 is 0. The molecule has 1 aromatic heterocycles. The maximum atomic E-state index is 9.42. The third kappa shape index (κ3) is 3.35. The molecule has 0 fully saturated rings. The van der Waals surface area contributed by atoms with Crippen LogP contribution in [0.25, 0.3) is 0 Å². The second-order valence-corrected chi connectivity index (χ2v) is 3.10. The molecule has 0 bridgehead atoms. The Labute approximate surface area is 76.5 Å². The Hall–Kier alpha value is -1.20. The molecule has 13 heavy (non-hydrogen) atoms. The highest BCUT2D eigenvalue weighted by Gasteiger charge is 2.18. The van der Waals surface area contributed by atoms with Crippen LogP contribution in [-0.2, 0) is 0 Å². The number of rotatable bonds is 4. The lowest BCUT2D eigenvalue weighted by molar-refractivity contribution is 0.0131. The van der Waals surface area contributed by atoms with Gasteiger partial charge in [0.2, 0.25) is 0 Å². The van der Waals surface area contributed by atoms with Crippen LogP contribution in [-0.4, -0.2) is 38.9 Å². The molecule has 72 valence electrons. The van der Waals surface area contributed by atoms with Crippen molar-refractivity contribution in [2.45, 2.75) is 12.5 Å². The van der Waals surface area contributed by atoms with Crippen molar-refractivity contribution in [2.75, 3.05) is 18.5 Å². The lowest BCUT2D eigenvalue weighted by atomic mass is 10.1. The molecule has 0 aromatic carbocycles. The predicted molar refractivity (Wildman–Crippen MR) is 48.2 cm³/mol. The summed E-state index contributed by atoms with van der Waals surface area (Å²) in [5.41, 5.74) is -1.13. The standard InChI is InChI=1S/C8H13N3O2/c1-8(13,6-12)5-11-7-4-9-2-3-10-7/h2-4,12-13H,5-6H2,1H3,(H,10,11). The lowest BCUT2D eigenvalue weighted by Crippen LogP contribution is -2.37. The first kappa shape index (κ1) is 9.88. The highest BCUT2D eigenvalue weighted by atomic mass is 16.3. The molecule has 1 unspecified atom stereocenters. The lowest BCUT2D eigenvalue weighted by Gasteiger charge is -2.20. The van der Waals surface area contributed by atoms with E-state index in [0.717, 1.165) is 0 Å². The van der Waals surface area contributed by atoms with Gasteiger partial charge in [0.15, 0.2) is 0 Å². The molecule has 0 aliphatic heterocycles. The molecule has 0 aliphatic rings. The minimum Gasteiger partial charge on any atom is -0.393 e. The average Bonchev–Trinajstić information content (AvgIpc) is 2.17. The summed E-state index contributed by atoms with van der Waals surface area (Å²) < 4.78 is 0. The van der Waals surface area contributed by atoms with Crippen LogP contribution in [0.2, 0.25) is 0 Å². The normalized spacial score (nSPS) is 15.0. The minimum atomic E-state index is -1.13. The quantitative estimate of drug-likeness (QED) is 0.593. The fourth-order valence-electron chi connectivity index (χ4n) is 0.727. The fourth-order valence-corrected chi connectivity index (χ4v) is 0.727. The van der Waals surface area contributed by atoms with Gasteiger partial charge >= 0.3 is 0 Å². The van der Waals surface area contributed by atoms with Gasteiger partial charge in [-0.2, -0.15) is 0 Å². The Morgan fingerprint density at radius 1 is 1.54 bits per heavy atom. The first-order valence-electron chi connectivity index (χ1n) is 3.97. The van der Waals surface area contributed by atoms with Gasteiger partial charge in [-0.1, -0.05) is 0 Å². The van der Waals surface area contributed by atoms with E-state index in [9.17, 15) is 5.11 Å². The zero-order valence-electron chi connectivity index (χ0n) is 7.44. The summed E-state index contributed by atoms with van der Waals surface area (Å²) in [4.78, 5) is 7.79. The highest BCUT2D eigenvalue weighted by Crippen LogP contribution is 2.04. The molecule has 0 amide bonds. The van der Waals surface area contributed by atoms with E-state index in [0.29, 0.717) is 5.82 Å². The molecule has 1 aromatic rings. The van der Waals surface area contributed by atoms with E-state index in [1.54, 1.807) is 18.6 Å². The van der Waals surface area contributed by atoms with E-state index in [-0.39, 0.29) is 13.2 Å². The summed E-state index contributed by atoms with van der Waals surface area (Å²) in [5, 5.41) is 21.0. The molecule has 1 atom stereocenters. The first-order valence-corrected chi connectivity index (χ1v) is 3.97. The van der Waals surface area contributed by atoms with Crippen molar-refractivity contribution in [3.63, 3.8) is 0 Å². The molecule has 5 heteroatoms. The van der Waals surface area contributed by atoms with Crippen molar-refractivity contribution < 1.29 is 10.2 Å². The van der Waals surface area contributed by atoms with E-state index in [1.807, 2.05) is 0 Å². The van der Waals surface area contributed by atoms with Crippen molar-refractivity contribution in [3.05, 3.63) is 18.6 Å². The topological polar surface area (TPSA) is 78.3 Å². The van der Waals surface area contributed by atoms with Crippen molar-refractivity contribution in [1.82, 2.24) is 9.97 Å². The van der Waals surface area contributed by atoms with Crippen molar-refractivity contribution >= 4 is 5.82 Å². The van der Waals surface area contributed by atoms with Gasteiger partial charge in [0, 0.05) is 18.9 Å². The van der Waals surface area contributed by atoms with Crippen LogP contribution < -0.4 is 5.32 Å². The second kappa shape index (κ2) is 4.15. The van der Waals surface area contributed by atoms with Crippen LogP contribution in [0.4, 0.5) is 5.82 Å². The fraction of sp³-hybridized carbons (Fsp3) is 0.500. The third-order valence-corrected chi connectivity index (χ3v) is 1.55. The molecule has 0 saturated heterocycles. The second-order valence-electron chi connectivity index (χ2n) is 3.10. The highest BCUT2D eigenvalue weighted by molar-refractivity contribution is 5.30. The SMILES string of the molecule is CC(O)(CO)CNc1cnccn1. The summed E-state index contributed by atoms with van der Waals surface area (Å²) in [6, 6.07) is 0. The largest absolute Gasteiger partial charge is 0.393 e. The van der Waals surface area contributed by atoms with Crippen molar-refractivity contribution in [3.8, 4) is 0 Å². The molecule has 5 nitrogen and oxygen atoms in total. The number of aliphatic hydroxyl groups is 2. The Morgan fingerprint density at radius 3 is 2.85 bits per heavy atom. The van der Waals surface area contributed by atoms with Gasteiger partial charge in [-0.15, -0.1) is 0 Å².